The van der Waals surface area contributed by atoms with Gasteiger partial charge >= 0.3 is 0 Å². The summed E-state index contributed by atoms with van der Waals surface area (Å²) in [6.45, 7) is 1.90. The van der Waals surface area contributed by atoms with Crippen molar-refractivity contribution in [2.24, 2.45) is 0 Å². The Hall–Kier alpha value is -2.73. The highest BCUT2D eigenvalue weighted by Gasteiger charge is 2.42. The molecule has 0 unspecified atom stereocenters. The fourth-order valence-corrected chi connectivity index (χ4v) is 3.48. The molecule has 4 nitrogen and oxygen atoms in total. The summed E-state index contributed by atoms with van der Waals surface area (Å²) >= 11 is 5.57. The molecule has 0 bridgehead atoms. The van der Waals surface area contributed by atoms with E-state index in [0.29, 0.717) is 5.11 Å². The monoisotopic (exact) mass is 353 g/mol. The smallest absolute Gasteiger partial charge is 0.174 e. The summed E-state index contributed by atoms with van der Waals surface area (Å²) in [5.41, 5.74) is 1.67. The molecule has 2 atom stereocenters. The number of hydrogen-bond donors (Lipinski definition) is 1. The molecule has 1 saturated heterocycles. The zero-order chi connectivity index (χ0) is 17.4. The molecular formula is C19H16FN3OS. The molecule has 0 amide bonds. The number of aromatic nitrogens is 1. The first-order chi connectivity index (χ1) is 12.1. The zero-order valence-corrected chi connectivity index (χ0v) is 14.3. The summed E-state index contributed by atoms with van der Waals surface area (Å²) < 4.78 is 19.2. The van der Waals surface area contributed by atoms with Crippen LogP contribution in [0.25, 0.3) is 0 Å². The van der Waals surface area contributed by atoms with Gasteiger partial charge in [0.25, 0.3) is 0 Å². The molecule has 0 aliphatic carbocycles. The van der Waals surface area contributed by atoms with Gasteiger partial charge < -0.3 is 14.6 Å². The number of nitrogens with zero attached hydrogens (tertiary/aromatic N) is 2. The van der Waals surface area contributed by atoms with E-state index in [-0.39, 0.29) is 17.9 Å². The quantitative estimate of drug-likeness (QED) is 0.711. The maximum Gasteiger partial charge on any atom is 0.174 e. The fourth-order valence-electron chi connectivity index (χ4n) is 3.14. The molecule has 1 fully saturated rings. The topological polar surface area (TPSA) is 41.3 Å². The van der Waals surface area contributed by atoms with Crippen LogP contribution in [0, 0.1) is 12.7 Å². The Labute approximate surface area is 150 Å². The van der Waals surface area contributed by atoms with E-state index < -0.39 is 0 Å². The summed E-state index contributed by atoms with van der Waals surface area (Å²) in [7, 11) is 0. The van der Waals surface area contributed by atoms with Gasteiger partial charge in [0.1, 0.15) is 23.4 Å². The molecule has 0 radical (unpaired) electrons. The van der Waals surface area contributed by atoms with Crippen molar-refractivity contribution in [3.8, 4) is 0 Å². The zero-order valence-electron chi connectivity index (χ0n) is 13.5. The second-order valence-corrected chi connectivity index (χ2v) is 6.31. The lowest BCUT2D eigenvalue weighted by Crippen LogP contribution is -2.29. The van der Waals surface area contributed by atoms with Crippen molar-refractivity contribution < 1.29 is 8.81 Å². The van der Waals surface area contributed by atoms with Gasteiger partial charge in [0.2, 0.25) is 0 Å². The van der Waals surface area contributed by atoms with Crippen LogP contribution in [0.4, 0.5) is 10.1 Å². The SMILES string of the molecule is Cc1ccc([C@@H]2[C@@H](c3ccccn3)NC(=S)N2c2ccc(F)cc2)o1. The van der Waals surface area contributed by atoms with Crippen LogP contribution in [0.15, 0.2) is 65.2 Å². The van der Waals surface area contributed by atoms with Crippen LogP contribution in [0.5, 0.6) is 0 Å². The normalized spacial score (nSPS) is 19.9. The van der Waals surface area contributed by atoms with Gasteiger partial charge in [0, 0.05) is 11.9 Å². The van der Waals surface area contributed by atoms with Crippen molar-refractivity contribution in [3.63, 3.8) is 0 Å². The van der Waals surface area contributed by atoms with Crippen LogP contribution in [0.1, 0.15) is 29.3 Å². The third-order valence-corrected chi connectivity index (χ3v) is 4.57. The summed E-state index contributed by atoms with van der Waals surface area (Å²) in [5, 5.41) is 3.89. The Balaban J connectivity index is 1.81. The van der Waals surface area contributed by atoms with Crippen molar-refractivity contribution in [2.45, 2.75) is 19.0 Å². The predicted octanol–water partition coefficient (Wildman–Crippen LogP) is 4.30. The second kappa shape index (κ2) is 6.29. The Bertz CT molecular complexity index is 895. The highest BCUT2D eigenvalue weighted by Crippen LogP contribution is 2.41. The molecule has 6 heteroatoms. The molecule has 2 aromatic heterocycles. The Morgan fingerprint density at radius 3 is 2.56 bits per heavy atom. The number of nitrogens with one attached hydrogen (secondary N) is 1. The minimum Gasteiger partial charge on any atom is -0.464 e. The average molecular weight is 353 g/mol. The van der Waals surface area contributed by atoms with Crippen molar-refractivity contribution in [1.29, 1.82) is 0 Å². The molecular weight excluding hydrogens is 337 g/mol. The van der Waals surface area contributed by atoms with Crippen LogP contribution >= 0.6 is 12.2 Å². The molecule has 0 saturated carbocycles. The first kappa shape index (κ1) is 15.8. The third-order valence-electron chi connectivity index (χ3n) is 4.26. The van der Waals surface area contributed by atoms with Crippen molar-refractivity contribution in [1.82, 2.24) is 10.3 Å². The van der Waals surface area contributed by atoms with Crippen molar-refractivity contribution in [2.75, 3.05) is 4.90 Å². The lowest BCUT2D eigenvalue weighted by molar-refractivity contribution is 0.418. The second-order valence-electron chi connectivity index (χ2n) is 5.92. The lowest BCUT2D eigenvalue weighted by atomic mass is 10.0. The maximum absolute atomic E-state index is 13.3. The first-order valence-corrected chi connectivity index (χ1v) is 8.37. The molecule has 1 aliphatic rings. The number of pyridine rings is 1. The van der Waals surface area contributed by atoms with Crippen LogP contribution < -0.4 is 10.2 Å². The van der Waals surface area contributed by atoms with E-state index in [1.807, 2.05) is 42.2 Å². The van der Waals surface area contributed by atoms with Gasteiger partial charge in [-0.3, -0.25) is 4.98 Å². The molecule has 0 spiro atoms. The van der Waals surface area contributed by atoms with Gasteiger partial charge in [0.15, 0.2) is 5.11 Å². The summed E-state index contributed by atoms with van der Waals surface area (Å²) in [6, 6.07) is 15.6. The Morgan fingerprint density at radius 1 is 1.12 bits per heavy atom. The van der Waals surface area contributed by atoms with Gasteiger partial charge in [0.05, 0.1) is 11.7 Å². The van der Waals surface area contributed by atoms with Gasteiger partial charge in [-0.15, -0.1) is 0 Å². The first-order valence-electron chi connectivity index (χ1n) is 7.96. The van der Waals surface area contributed by atoms with Crippen molar-refractivity contribution in [3.05, 3.63) is 83.8 Å². The number of anilines is 1. The van der Waals surface area contributed by atoms with E-state index >= 15 is 0 Å². The number of furan rings is 1. The average Bonchev–Trinajstić information content (AvgIpc) is 3.20. The number of hydrogen-bond acceptors (Lipinski definition) is 3. The molecule has 4 rings (SSSR count). The number of thiocarbonyl (C=S) groups is 1. The minimum atomic E-state index is -0.284. The Kier molecular flexibility index (Phi) is 3.97. The van der Waals surface area contributed by atoms with Gasteiger partial charge in [-0.25, -0.2) is 4.39 Å². The molecule has 1 N–H and O–H groups in total. The van der Waals surface area contributed by atoms with Crippen LogP contribution in [0.2, 0.25) is 0 Å². The molecule has 3 heterocycles. The molecule has 1 aromatic carbocycles. The largest absolute Gasteiger partial charge is 0.464 e. The number of rotatable bonds is 3. The lowest BCUT2D eigenvalue weighted by Gasteiger charge is -2.26. The number of halogens is 1. The summed E-state index contributed by atoms with van der Waals surface area (Å²) in [4.78, 5) is 6.42. The van der Waals surface area contributed by atoms with E-state index in [2.05, 4.69) is 10.3 Å². The van der Waals surface area contributed by atoms with Crippen LogP contribution in [0.3, 0.4) is 0 Å². The summed E-state index contributed by atoms with van der Waals surface area (Å²) in [5.74, 6) is 1.32. The number of benzene rings is 1. The molecule has 1 aliphatic heterocycles. The third kappa shape index (κ3) is 2.89. The van der Waals surface area contributed by atoms with E-state index in [9.17, 15) is 4.39 Å². The minimum absolute atomic E-state index is 0.163. The van der Waals surface area contributed by atoms with Gasteiger partial charge in [-0.05, 0) is 67.7 Å². The van der Waals surface area contributed by atoms with E-state index in [1.54, 1.807) is 18.3 Å². The fraction of sp³-hybridized carbons (Fsp3) is 0.158. The highest BCUT2D eigenvalue weighted by atomic mass is 32.1. The highest BCUT2D eigenvalue weighted by molar-refractivity contribution is 7.80. The molecule has 126 valence electrons. The van der Waals surface area contributed by atoms with E-state index in [0.717, 1.165) is 22.9 Å². The standard InChI is InChI=1S/C19H16FN3OS/c1-12-5-10-16(24-12)18-17(15-4-2-3-11-21-15)22-19(25)23(18)14-8-6-13(20)7-9-14/h2-11,17-18H,1H3,(H,22,25)/t17-,18-/m1/s1. The van der Waals surface area contributed by atoms with E-state index in [1.165, 1.54) is 12.1 Å². The van der Waals surface area contributed by atoms with Crippen molar-refractivity contribution >= 4 is 23.0 Å². The summed E-state index contributed by atoms with van der Waals surface area (Å²) in [6.07, 6.45) is 1.76. The van der Waals surface area contributed by atoms with Gasteiger partial charge in [-0.2, -0.15) is 0 Å². The maximum atomic E-state index is 13.3. The van der Waals surface area contributed by atoms with Gasteiger partial charge in [-0.1, -0.05) is 6.07 Å². The molecule has 3 aromatic rings. The molecule has 25 heavy (non-hydrogen) atoms. The Morgan fingerprint density at radius 2 is 1.92 bits per heavy atom. The van der Waals surface area contributed by atoms with Crippen LogP contribution in [-0.4, -0.2) is 10.1 Å². The predicted molar refractivity (Wildman–Crippen MR) is 97.8 cm³/mol. The van der Waals surface area contributed by atoms with Crippen LogP contribution in [-0.2, 0) is 0 Å². The van der Waals surface area contributed by atoms with E-state index in [4.69, 9.17) is 16.6 Å². The number of aryl methyl sites for hydroxylation is 1.